The minimum absolute atomic E-state index is 0.214. The first-order chi connectivity index (χ1) is 10.2. The lowest BCUT2D eigenvalue weighted by atomic mass is 9.96. The molecule has 0 unspecified atom stereocenters. The number of nitrogens with two attached hydrogens (primary N) is 1. The van der Waals surface area contributed by atoms with Gasteiger partial charge in [-0.15, -0.1) is 0 Å². The smallest absolute Gasteiger partial charge is 0.319 e. The first-order valence-corrected chi connectivity index (χ1v) is 6.63. The monoisotopic (exact) mass is 313 g/mol. The van der Waals surface area contributed by atoms with E-state index in [1.807, 2.05) is 24.3 Å². The highest BCUT2D eigenvalue weighted by Crippen LogP contribution is 2.45. The molecule has 6 heteroatoms. The third-order valence-corrected chi connectivity index (χ3v) is 3.95. The molecule has 0 radical (unpaired) electrons. The van der Waals surface area contributed by atoms with E-state index in [1.54, 1.807) is 6.07 Å². The molecule has 3 rings (SSSR count). The second-order valence-electron chi connectivity index (χ2n) is 5.35. The van der Waals surface area contributed by atoms with Crippen LogP contribution < -0.4 is 5.73 Å². The number of fused-ring (bicyclic) bond motifs is 3. The van der Waals surface area contributed by atoms with Crippen molar-refractivity contribution in [2.24, 2.45) is 5.73 Å². The number of halogens is 5. The summed E-state index contributed by atoms with van der Waals surface area (Å²) in [7, 11) is 0. The Morgan fingerprint density at radius 2 is 1.50 bits per heavy atom. The van der Waals surface area contributed by atoms with Crippen molar-refractivity contribution in [3.8, 4) is 11.1 Å². The standard InChI is InChI=1S/C16H12F5N/c17-15(18,16(19,20)21)14(22)10-5-6-13-11(8-10)7-9-3-1-2-4-12(9)13/h1-6,8,14H,7,22H2/t14-/m1/s1. The van der Waals surface area contributed by atoms with Crippen LogP contribution in [-0.4, -0.2) is 12.1 Å². The second-order valence-corrected chi connectivity index (χ2v) is 5.35. The van der Waals surface area contributed by atoms with Crippen LogP contribution in [0.15, 0.2) is 42.5 Å². The Morgan fingerprint density at radius 3 is 2.18 bits per heavy atom. The molecule has 0 saturated carbocycles. The summed E-state index contributed by atoms with van der Waals surface area (Å²) < 4.78 is 64.0. The number of alkyl halides is 5. The zero-order chi connectivity index (χ0) is 16.1. The normalized spacial score (nSPS) is 15.4. The van der Waals surface area contributed by atoms with Crippen molar-refractivity contribution in [3.63, 3.8) is 0 Å². The lowest BCUT2D eigenvalue weighted by molar-refractivity contribution is -0.291. The summed E-state index contributed by atoms with van der Waals surface area (Å²) in [5.41, 5.74) is 8.53. The lowest BCUT2D eigenvalue weighted by Gasteiger charge is -2.26. The third-order valence-electron chi connectivity index (χ3n) is 3.95. The molecule has 0 saturated heterocycles. The molecule has 2 aromatic rings. The van der Waals surface area contributed by atoms with Gasteiger partial charge in [-0.2, -0.15) is 22.0 Å². The number of benzene rings is 2. The molecule has 22 heavy (non-hydrogen) atoms. The first-order valence-electron chi connectivity index (χ1n) is 6.63. The van der Waals surface area contributed by atoms with Crippen LogP contribution in [0.1, 0.15) is 22.7 Å². The average Bonchev–Trinajstić information content (AvgIpc) is 2.82. The topological polar surface area (TPSA) is 26.0 Å². The minimum Gasteiger partial charge on any atom is -0.319 e. The maximum atomic E-state index is 13.4. The van der Waals surface area contributed by atoms with Gasteiger partial charge in [0, 0.05) is 0 Å². The Labute approximate surface area is 123 Å². The van der Waals surface area contributed by atoms with Crippen molar-refractivity contribution in [1.82, 2.24) is 0 Å². The van der Waals surface area contributed by atoms with Crippen LogP contribution in [0.3, 0.4) is 0 Å². The fraction of sp³-hybridized carbons (Fsp3) is 0.250. The maximum Gasteiger partial charge on any atom is 0.455 e. The number of hydrogen-bond acceptors (Lipinski definition) is 1. The van der Waals surface area contributed by atoms with E-state index in [2.05, 4.69) is 0 Å². The fourth-order valence-corrected chi connectivity index (χ4v) is 2.74. The summed E-state index contributed by atoms with van der Waals surface area (Å²) in [6.45, 7) is 0. The van der Waals surface area contributed by atoms with Crippen molar-refractivity contribution < 1.29 is 22.0 Å². The maximum absolute atomic E-state index is 13.4. The van der Waals surface area contributed by atoms with E-state index in [0.29, 0.717) is 12.0 Å². The third kappa shape index (κ3) is 2.18. The minimum atomic E-state index is -5.67. The van der Waals surface area contributed by atoms with Crippen LogP contribution >= 0.6 is 0 Å². The van der Waals surface area contributed by atoms with Crippen molar-refractivity contribution >= 4 is 0 Å². The zero-order valence-corrected chi connectivity index (χ0v) is 11.3. The molecule has 0 fully saturated rings. The highest BCUT2D eigenvalue weighted by molar-refractivity contribution is 5.77. The van der Waals surface area contributed by atoms with E-state index >= 15 is 0 Å². The first kappa shape index (κ1) is 15.0. The molecule has 0 aromatic heterocycles. The van der Waals surface area contributed by atoms with Gasteiger partial charge in [0.05, 0.1) is 0 Å². The van der Waals surface area contributed by atoms with Crippen molar-refractivity contribution in [2.75, 3.05) is 0 Å². The van der Waals surface area contributed by atoms with E-state index in [4.69, 9.17) is 5.73 Å². The van der Waals surface area contributed by atoms with Crippen molar-refractivity contribution in [3.05, 3.63) is 59.2 Å². The van der Waals surface area contributed by atoms with Crippen LogP contribution in [0.4, 0.5) is 22.0 Å². The van der Waals surface area contributed by atoms with Crippen LogP contribution in [-0.2, 0) is 6.42 Å². The SMILES string of the molecule is N[C@H](c1ccc2c(c1)Cc1ccccc1-2)C(F)(F)C(F)(F)F. The summed E-state index contributed by atoms with van der Waals surface area (Å²) >= 11 is 0. The van der Waals surface area contributed by atoms with Gasteiger partial charge in [-0.25, -0.2) is 0 Å². The molecule has 2 aromatic carbocycles. The highest BCUT2D eigenvalue weighted by atomic mass is 19.4. The van der Waals surface area contributed by atoms with E-state index in [9.17, 15) is 22.0 Å². The van der Waals surface area contributed by atoms with Gasteiger partial charge in [-0.1, -0.05) is 42.5 Å². The lowest BCUT2D eigenvalue weighted by Crippen LogP contribution is -2.45. The van der Waals surface area contributed by atoms with E-state index in [1.165, 1.54) is 12.1 Å². The summed E-state index contributed by atoms with van der Waals surface area (Å²) in [5, 5.41) is 0. The van der Waals surface area contributed by atoms with Gasteiger partial charge in [0.2, 0.25) is 0 Å². The van der Waals surface area contributed by atoms with Crippen LogP contribution in [0.25, 0.3) is 11.1 Å². The molecule has 2 N–H and O–H groups in total. The molecule has 0 aliphatic heterocycles. The molecular weight excluding hydrogens is 301 g/mol. The van der Waals surface area contributed by atoms with Gasteiger partial charge in [-0.3, -0.25) is 0 Å². The molecule has 1 atom stereocenters. The predicted octanol–water partition coefficient (Wildman–Crippen LogP) is 4.46. The van der Waals surface area contributed by atoms with Gasteiger partial charge in [0.15, 0.2) is 0 Å². The van der Waals surface area contributed by atoms with Gasteiger partial charge in [-0.05, 0) is 34.2 Å². The number of hydrogen-bond donors (Lipinski definition) is 1. The summed E-state index contributed by atoms with van der Waals surface area (Å²) in [6.07, 6.45) is -5.17. The molecule has 0 spiro atoms. The van der Waals surface area contributed by atoms with Gasteiger partial charge in [0.25, 0.3) is 0 Å². The molecule has 116 valence electrons. The molecule has 0 amide bonds. The van der Waals surface area contributed by atoms with Crippen LogP contribution in [0, 0.1) is 0 Å². The van der Waals surface area contributed by atoms with Gasteiger partial charge in [0.1, 0.15) is 6.04 Å². The van der Waals surface area contributed by atoms with Gasteiger partial charge < -0.3 is 5.73 Å². The summed E-state index contributed by atoms with van der Waals surface area (Å²) in [5.74, 6) is -4.97. The molecule has 0 bridgehead atoms. The Bertz CT molecular complexity index is 721. The van der Waals surface area contributed by atoms with Crippen molar-refractivity contribution in [1.29, 1.82) is 0 Å². The van der Waals surface area contributed by atoms with Crippen LogP contribution in [0.2, 0.25) is 0 Å². The Hall–Kier alpha value is -1.95. The summed E-state index contributed by atoms with van der Waals surface area (Å²) in [4.78, 5) is 0. The predicted molar refractivity (Wildman–Crippen MR) is 72.6 cm³/mol. The van der Waals surface area contributed by atoms with E-state index in [-0.39, 0.29) is 5.56 Å². The molecule has 0 heterocycles. The summed E-state index contributed by atoms with van der Waals surface area (Å²) in [6, 6.07) is 9.24. The molecule has 1 aliphatic carbocycles. The van der Waals surface area contributed by atoms with Gasteiger partial charge >= 0.3 is 12.1 Å². The highest BCUT2D eigenvalue weighted by Gasteiger charge is 2.61. The molecular formula is C16H12F5N. The Kier molecular flexibility index (Phi) is 3.25. The molecule has 1 nitrogen and oxygen atoms in total. The zero-order valence-electron chi connectivity index (χ0n) is 11.3. The average molecular weight is 313 g/mol. The van der Waals surface area contributed by atoms with Crippen molar-refractivity contribution in [2.45, 2.75) is 24.6 Å². The quantitative estimate of drug-likeness (QED) is 0.695. The molecule has 1 aliphatic rings. The Morgan fingerprint density at radius 1 is 0.864 bits per heavy atom. The largest absolute Gasteiger partial charge is 0.455 e. The van der Waals surface area contributed by atoms with E-state index < -0.39 is 18.1 Å². The van der Waals surface area contributed by atoms with Crippen LogP contribution in [0.5, 0.6) is 0 Å². The number of rotatable bonds is 2. The Balaban J connectivity index is 1.98. The van der Waals surface area contributed by atoms with E-state index in [0.717, 1.165) is 16.7 Å². The second kappa shape index (κ2) is 4.78. The fourth-order valence-electron chi connectivity index (χ4n) is 2.74.